The molecule has 0 aliphatic heterocycles. The number of rotatable bonds is 1. The lowest BCUT2D eigenvalue weighted by Crippen LogP contribution is -1.91. The van der Waals surface area contributed by atoms with E-state index in [-0.39, 0.29) is 5.56 Å². The van der Waals surface area contributed by atoms with Gasteiger partial charge in [-0.25, -0.2) is 8.78 Å². The first kappa shape index (κ1) is 11.7. The summed E-state index contributed by atoms with van der Waals surface area (Å²) in [4.78, 5) is 0. The molecule has 0 spiro atoms. The summed E-state index contributed by atoms with van der Waals surface area (Å²) in [7, 11) is 0. The zero-order valence-electron chi connectivity index (χ0n) is 7.65. The smallest absolute Gasteiger partial charge is 0.145 e. The van der Waals surface area contributed by atoms with Gasteiger partial charge in [-0.2, -0.15) is 5.26 Å². The van der Waals surface area contributed by atoms with E-state index in [9.17, 15) is 8.78 Å². The van der Waals surface area contributed by atoms with Crippen LogP contribution < -0.4 is 0 Å². The third kappa shape index (κ3) is 3.04. The summed E-state index contributed by atoms with van der Waals surface area (Å²) >= 11 is 3.18. The van der Waals surface area contributed by atoms with Crippen molar-refractivity contribution in [2.24, 2.45) is 0 Å². The van der Waals surface area contributed by atoms with Crippen LogP contribution in [0.1, 0.15) is 17.5 Å². The zero-order chi connectivity index (χ0) is 11.3. The first-order chi connectivity index (χ1) is 7.19. The number of halogens is 3. The molecule has 4 heteroatoms. The molecule has 0 bridgehead atoms. The fourth-order valence-electron chi connectivity index (χ4n) is 0.964. The first-order valence-corrected chi connectivity index (χ1v) is 5.25. The van der Waals surface area contributed by atoms with Crippen LogP contribution in [-0.4, -0.2) is 5.33 Å². The lowest BCUT2D eigenvalue weighted by Gasteiger charge is -1.96. The first-order valence-electron chi connectivity index (χ1n) is 4.13. The predicted molar refractivity (Wildman–Crippen MR) is 56.4 cm³/mol. The van der Waals surface area contributed by atoms with Crippen molar-refractivity contribution in [2.45, 2.75) is 6.42 Å². The molecule has 1 aromatic rings. The van der Waals surface area contributed by atoms with Crippen LogP contribution in [-0.2, 0) is 0 Å². The van der Waals surface area contributed by atoms with Crippen LogP contribution in [0.4, 0.5) is 8.78 Å². The molecule has 0 heterocycles. The summed E-state index contributed by atoms with van der Waals surface area (Å²) in [6.07, 6.45) is 0.600. The van der Waals surface area contributed by atoms with E-state index in [1.165, 1.54) is 6.07 Å². The van der Waals surface area contributed by atoms with Crippen molar-refractivity contribution >= 4 is 15.9 Å². The summed E-state index contributed by atoms with van der Waals surface area (Å²) in [6.45, 7) is 0. The molecule has 0 aromatic heterocycles. The highest BCUT2D eigenvalue weighted by atomic mass is 79.9. The molecular formula is C11H6BrF2N. The molecule has 0 amide bonds. The van der Waals surface area contributed by atoms with E-state index in [2.05, 4.69) is 27.8 Å². The van der Waals surface area contributed by atoms with Gasteiger partial charge < -0.3 is 0 Å². The molecule has 0 atom stereocenters. The van der Waals surface area contributed by atoms with Crippen molar-refractivity contribution in [3.8, 4) is 17.9 Å². The zero-order valence-corrected chi connectivity index (χ0v) is 9.24. The minimum absolute atomic E-state index is 0.241. The summed E-state index contributed by atoms with van der Waals surface area (Å²) in [5, 5.41) is 9.14. The molecule has 1 rings (SSSR count). The molecule has 76 valence electrons. The number of nitrogens with zero attached hydrogens (tertiary/aromatic N) is 1. The van der Waals surface area contributed by atoms with E-state index in [0.717, 1.165) is 12.1 Å². The predicted octanol–water partition coefficient (Wildman–Crippen LogP) is 2.97. The average molecular weight is 270 g/mol. The monoisotopic (exact) mass is 269 g/mol. The molecule has 0 saturated carbocycles. The highest BCUT2D eigenvalue weighted by Crippen LogP contribution is 2.13. The van der Waals surface area contributed by atoms with Gasteiger partial charge in [0.05, 0.1) is 0 Å². The third-order valence-electron chi connectivity index (χ3n) is 1.61. The quantitative estimate of drug-likeness (QED) is 0.568. The van der Waals surface area contributed by atoms with Crippen LogP contribution in [0.2, 0.25) is 0 Å². The van der Waals surface area contributed by atoms with E-state index < -0.39 is 17.2 Å². The fourth-order valence-corrected chi connectivity index (χ4v) is 1.16. The Kier molecular flexibility index (Phi) is 4.27. The van der Waals surface area contributed by atoms with Crippen LogP contribution in [0.3, 0.4) is 0 Å². The fraction of sp³-hybridized carbons (Fsp3) is 0.182. The van der Waals surface area contributed by atoms with Crippen LogP contribution in [0.25, 0.3) is 0 Å². The second-order valence-electron chi connectivity index (χ2n) is 2.67. The Morgan fingerprint density at radius 3 is 2.33 bits per heavy atom. The summed E-state index contributed by atoms with van der Waals surface area (Å²) in [6, 6.07) is 3.57. The minimum atomic E-state index is -0.874. The normalized spacial score (nSPS) is 8.93. The SMILES string of the molecule is N#Cc1c(F)cc(C#CCCBr)cc1F. The van der Waals surface area contributed by atoms with Gasteiger partial charge >= 0.3 is 0 Å². The molecule has 0 unspecified atom stereocenters. The topological polar surface area (TPSA) is 23.8 Å². The van der Waals surface area contributed by atoms with Gasteiger partial charge in [0.15, 0.2) is 0 Å². The third-order valence-corrected chi connectivity index (χ3v) is 2.00. The summed E-state index contributed by atoms with van der Waals surface area (Å²) in [5.41, 5.74) is -0.328. The van der Waals surface area contributed by atoms with Crippen LogP contribution >= 0.6 is 15.9 Å². The average Bonchev–Trinajstić information content (AvgIpc) is 2.18. The highest BCUT2D eigenvalue weighted by molar-refractivity contribution is 9.09. The number of hydrogen-bond acceptors (Lipinski definition) is 1. The molecule has 0 saturated heterocycles. The van der Waals surface area contributed by atoms with E-state index >= 15 is 0 Å². The van der Waals surface area contributed by atoms with Crippen LogP contribution in [0, 0.1) is 34.8 Å². The molecule has 0 aliphatic carbocycles. The molecular weight excluding hydrogens is 264 g/mol. The highest BCUT2D eigenvalue weighted by Gasteiger charge is 2.09. The van der Waals surface area contributed by atoms with Gasteiger partial charge in [0, 0.05) is 17.3 Å². The second kappa shape index (κ2) is 5.48. The maximum atomic E-state index is 13.1. The molecule has 0 aliphatic rings. The summed E-state index contributed by atoms with van der Waals surface area (Å²) < 4.78 is 26.2. The van der Waals surface area contributed by atoms with Gasteiger partial charge in [-0.15, -0.1) is 0 Å². The van der Waals surface area contributed by atoms with Gasteiger partial charge in [-0.3, -0.25) is 0 Å². The van der Waals surface area contributed by atoms with E-state index in [1.807, 2.05) is 0 Å². The second-order valence-corrected chi connectivity index (χ2v) is 3.46. The van der Waals surface area contributed by atoms with E-state index in [4.69, 9.17) is 5.26 Å². The maximum absolute atomic E-state index is 13.1. The van der Waals surface area contributed by atoms with Gasteiger partial charge in [0.25, 0.3) is 0 Å². The number of hydrogen-bond donors (Lipinski definition) is 0. The number of nitriles is 1. The molecule has 0 radical (unpaired) electrons. The Labute approximate surface area is 94.8 Å². The largest absolute Gasteiger partial charge is 0.205 e. The number of benzene rings is 1. The van der Waals surface area contributed by atoms with Crippen molar-refractivity contribution in [1.29, 1.82) is 5.26 Å². The van der Waals surface area contributed by atoms with E-state index in [0.29, 0.717) is 11.8 Å². The van der Waals surface area contributed by atoms with Crippen molar-refractivity contribution in [1.82, 2.24) is 0 Å². The molecule has 0 N–H and O–H groups in total. The van der Waals surface area contributed by atoms with Crippen LogP contribution in [0.5, 0.6) is 0 Å². The van der Waals surface area contributed by atoms with Gasteiger partial charge in [0.2, 0.25) is 0 Å². The Bertz CT molecular complexity index is 443. The Morgan fingerprint density at radius 1 is 1.27 bits per heavy atom. The Hall–Kier alpha value is -1.39. The summed E-state index contributed by atoms with van der Waals surface area (Å²) in [5.74, 6) is 3.59. The molecule has 0 fully saturated rings. The van der Waals surface area contributed by atoms with Crippen molar-refractivity contribution in [3.05, 3.63) is 34.9 Å². The van der Waals surface area contributed by atoms with Gasteiger partial charge in [0.1, 0.15) is 23.3 Å². The maximum Gasteiger partial charge on any atom is 0.145 e. The molecule has 1 aromatic carbocycles. The Balaban J connectivity index is 3.07. The Morgan fingerprint density at radius 2 is 1.87 bits per heavy atom. The molecule has 1 nitrogen and oxygen atoms in total. The standard InChI is InChI=1S/C11H6BrF2N/c12-4-2-1-3-8-5-10(13)9(7-15)11(14)6-8/h5-6H,2,4H2. The van der Waals surface area contributed by atoms with Gasteiger partial charge in [-0.05, 0) is 12.1 Å². The lowest BCUT2D eigenvalue weighted by atomic mass is 10.1. The van der Waals surface area contributed by atoms with Crippen LogP contribution in [0.15, 0.2) is 12.1 Å². The minimum Gasteiger partial charge on any atom is -0.205 e. The number of alkyl halides is 1. The molecule has 15 heavy (non-hydrogen) atoms. The van der Waals surface area contributed by atoms with Gasteiger partial charge in [-0.1, -0.05) is 27.8 Å². The van der Waals surface area contributed by atoms with E-state index in [1.54, 1.807) is 0 Å². The lowest BCUT2D eigenvalue weighted by molar-refractivity contribution is 0.576. The van der Waals surface area contributed by atoms with Crippen molar-refractivity contribution in [3.63, 3.8) is 0 Å². The van der Waals surface area contributed by atoms with Crippen molar-refractivity contribution in [2.75, 3.05) is 5.33 Å². The van der Waals surface area contributed by atoms with Crippen molar-refractivity contribution < 1.29 is 8.78 Å².